The van der Waals surface area contributed by atoms with Gasteiger partial charge in [0, 0.05) is 18.1 Å². The topological polar surface area (TPSA) is 80.9 Å². The molecule has 20 heavy (non-hydrogen) atoms. The van der Waals surface area contributed by atoms with Gasteiger partial charge in [-0.1, -0.05) is 6.07 Å². The third-order valence-electron chi connectivity index (χ3n) is 2.38. The third kappa shape index (κ3) is 3.02. The highest BCUT2D eigenvalue weighted by molar-refractivity contribution is 5.96. The van der Waals surface area contributed by atoms with Gasteiger partial charge < -0.3 is 11.1 Å². The molecule has 0 aliphatic rings. The van der Waals surface area contributed by atoms with Crippen LogP contribution in [0.5, 0.6) is 0 Å². The molecule has 0 radical (unpaired) electrons. The molecule has 0 fully saturated rings. The Bertz CT molecular complexity index is 643. The summed E-state index contributed by atoms with van der Waals surface area (Å²) in [4.78, 5) is 18.7. The van der Waals surface area contributed by atoms with Crippen LogP contribution in [0.3, 0.4) is 0 Å². The Hall–Kier alpha value is -2.64. The van der Waals surface area contributed by atoms with Crippen LogP contribution < -0.4 is 11.1 Å². The molecule has 0 aliphatic carbocycles. The van der Waals surface area contributed by atoms with Crippen LogP contribution in [0.4, 0.5) is 24.7 Å². The van der Waals surface area contributed by atoms with Gasteiger partial charge in [-0.25, -0.2) is 9.97 Å². The molecule has 0 unspecified atom stereocenters. The predicted molar refractivity (Wildman–Crippen MR) is 65.3 cm³/mol. The summed E-state index contributed by atoms with van der Waals surface area (Å²) in [5.41, 5.74) is 4.27. The first-order valence-corrected chi connectivity index (χ1v) is 5.43. The lowest BCUT2D eigenvalue weighted by Gasteiger charge is -2.11. The number of hydrogen-bond acceptors (Lipinski definition) is 4. The van der Waals surface area contributed by atoms with Crippen molar-refractivity contribution in [3.05, 3.63) is 47.9 Å². The van der Waals surface area contributed by atoms with Crippen LogP contribution in [0, 0.1) is 0 Å². The molecular formula is C12H9F3N4O. The quantitative estimate of drug-likeness (QED) is 0.905. The van der Waals surface area contributed by atoms with E-state index >= 15 is 0 Å². The molecular weight excluding hydrogens is 273 g/mol. The number of rotatable bonds is 3. The maximum Gasteiger partial charge on any atom is 0.416 e. The number of amides is 1. The monoisotopic (exact) mass is 282 g/mol. The number of nitrogens with one attached hydrogen (secondary N) is 1. The van der Waals surface area contributed by atoms with Crippen LogP contribution in [0.1, 0.15) is 16.1 Å². The summed E-state index contributed by atoms with van der Waals surface area (Å²) in [6.45, 7) is 0. The van der Waals surface area contributed by atoms with E-state index < -0.39 is 17.6 Å². The molecule has 0 bridgehead atoms. The van der Waals surface area contributed by atoms with Crippen LogP contribution >= 0.6 is 0 Å². The van der Waals surface area contributed by atoms with Crippen molar-refractivity contribution in [2.45, 2.75) is 6.18 Å². The van der Waals surface area contributed by atoms with E-state index in [0.29, 0.717) is 0 Å². The van der Waals surface area contributed by atoms with Gasteiger partial charge in [0.1, 0.15) is 0 Å². The summed E-state index contributed by atoms with van der Waals surface area (Å²) in [6, 6.07) is 4.50. The van der Waals surface area contributed by atoms with Gasteiger partial charge in [0.25, 0.3) is 5.91 Å². The van der Waals surface area contributed by atoms with Gasteiger partial charge in [-0.05, 0) is 18.2 Å². The van der Waals surface area contributed by atoms with E-state index in [1.54, 1.807) is 0 Å². The van der Waals surface area contributed by atoms with Crippen molar-refractivity contribution in [2.75, 3.05) is 5.32 Å². The molecule has 0 saturated carbocycles. The SMILES string of the molecule is NC(=O)c1nccnc1Nc1cccc(C(F)(F)F)c1. The standard InChI is InChI=1S/C12H9F3N4O/c13-12(14,15)7-2-1-3-8(6-7)19-11-9(10(16)20)17-4-5-18-11/h1-6H,(H2,16,20)(H,18,19). The largest absolute Gasteiger partial charge is 0.416 e. The van der Waals surface area contributed by atoms with Crippen LogP contribution in [-0.2, 0) is 6.18 Å². The molecule has 104 valence electrons. The molecule has 2 rings (SSSR count). The third-order valence-corrected chi connectivity index (χ3v) is 2.38. The minimum atomic E-state index is -4.45. The molecule has 3 N–H and O–H groups in total. The van der Waals surface area contributed by atoms with Crippen molar-refractivity contribution in [1.82, 2.24) is 9.97 Å². The number of nitrogens with two attached hydrogens (primary N) is 1. The Labute approximate surface area is 111 Å². The zero-order valence-corrected chi connectivity index (χ0v) is 9.98. The van der Waals surface area contributed by atoms with E-state index in [1.165, 1.54) is 24.5 Å². The van der Waals surface area contributed by atoms with Crippen LogP contribution in [0.15, 0.2) is 36.7 Å². The molecule has 1 aromatic heterocycles. The highest BCUT2D eigenvalue weighted by atomic mass is 19.4. The summed E-state index contributed by atoms with van der Waals surface area (Å²) in [5.74, 6) is -0.827. The lowest BCUT2D eigenvalue weighted by Crippen LogP contribution is -2.16. The Balaban J connectivity index is 2.34. The van der Waals surface area contributed by atoms with Crippen molar-refractivity contribution in [1.29, 1.82) is 0 Å². The van der Waals surface area contributed by atoms with Crippen LogP contribution in [0.25, 0.3) is 0 Å². The highest BCUT2D eigenvalue weighted by Crippen LogP contribution is 2.31. The summed E-state index contributed by atoms with van der Waals surface area (Å²) in [6.07, 6.45) is -1.90. The van der Waals surface area contributed by atoms with Gasteiger partial charge in [0.2, 0.25) is 0 Å². The number of hydrogen-bond donors (Lipinski definition) is 2. The van der Waals surface area contributed by atoms with Gasteiger partial charge in [-0.3, -0.25) is 4.79 Å². The molecule has 0 atom stereocenters. The number of alkyl halides is 3. The number of nitrogens with zero attached hydrogens (tertiary/aromatic N) is 2. The zero-order chi connectivity index (χ0) is 14.8. The summed E-state index contributed by atoms with van der Waals surface area (Å²) in [5, 5.41) is 2.59. The van der Waals surface area contributed by atoms with Crippen LogP contribution in [0.2, 0.25) is 0 Å². The second-order valence-electron chi connectivity index (χ2n) is 3.82. The fourth-order valence-electron chi connectivity index (χ4n) is 1.52. The Morgan fingerprint density at radius 1 is 1.20 bits per heavy atom. The molecule has 1 amide bonds. The molecule has 1 aromatic carbocycles. The number of benzene rings is 1. The van der Waals surface area contributed by atoms with Crippen molar-refractivity contribution in [2.24, 2.45) is 5.73 Å². The number of anilines is 2. The second-order valence-corrected chi connectivity index (χ2v) is 3.82. The number of halogens is 3. The maximum atomic E-state index is 12.6. The Kier molecular flexibility index (Phi) is 3.55. The number of aromatic nitrogens is 2. The highest BCUT2D eigenvalue weighted by Gasteiger charge is 2.30. The fraction of sp³-hybridized carbons (Fsp3) is 0.0833. The van der Waals surface area contributed by atoms with Crippen molar-refractivity contribution < 1.29 is 18.0 Å². The van der Waals surface area contributed by atoms with Gasteiger partial charge >= 0.3 is 6.18 Å². The number of primary amides is 1. The average Bonchev–Trinajstić information content (AvgIpc) is 2.38. The van der Waals surface area contributed by atoms with E-state index in [-0.39, 0.29) is 17.2 Å². The van der Waals surface area contributed by atoms with Gasteiger partial charge in [-0.15, -0.1) is 0 Å². The summed E-state index contributed by atoms with van der Waals surface area (Å²) < 4.78 is 37.8. The molecule has 8 heteroatoms. The first-order chi connectivity index (χ1) is 9.38. The molecule has 0 aliphatic heterocycles. The average molecular weight is 282 g/mol. The van der Waals surface area contributed by atoms with Crippen molar-refractivity contribution in [3.8, 4) is 0 Å². The minimum absolute atomic E-state index is 0.000625. The van der Waals surface area contributed by atoms with Crippen molar-refractivity contribution >= 4 is 17.4 Å². The lowest BCUT2D eigenvalue weighted by atomic mass is 10.2. The smallest absolute Gasteiger partial charge is 0.364 e. The molecule has 5 nitrogen and oxygen atoms in total. The van der Waals surface area contributed by atoms with Crippen LogP contribution in [-0.4, -0.2) is 15.9 Å². The first-order valence-electron chi connectivity index (χ1n) is 5.43. The predicted octanol–water partition coefficient (Wildman–Crippen LogP) is 2.34. The van der Waals surface area contributed by atoms with Gasteiger partial charge in [-0.2, -0.15) is 13.2 Å². The fourth-order valence-corrected chi connectivity index (χ4v) is 1.52. The maximum absolute atomic E-state index is 12.6. The number of carbonyl (C=O) groups excluding carboxylic acids is 1. The molecule has 0 saturated heterocycles. The van der Waals surface area contributed by atoms with Crippen molar-refractivity contribution in [3.63, 3.8) is 0 Å². The van der Waals surface area contributed by atoms with E-state index in [1.807, 2.05) is 0 Å². The molecule has 1 heterocycles. The van der Waals surface area contributed by atoms with E-state index in [9.17, 15) is 18.0 Å². The summed E-state index contributed by atoms with van der Waals surface area (Å²) in [7, 11) is 0. The van der Waals surface area contributed by atoms with E-state index in [0.717, 1.165) is 12.1 Å². The summed E-state index contributed by atoms with van der Waals surface area (Å²) >= 11 is 0. The van der Waals surface area contributed by atoms with Gasteiger partial charge in [0.05, 0.1) is 5.56 Å². The second kappa shape index (κ2) is 5.16. The molecule has 2 aromatic rings. The van der Waals surface area contributed by atoms with E-state index in [2.05, 4.69) is 15.3 Å². The normalized spacial score (nSPS) is 11.2. The minimum Gasteiger partial charge on any atom is -0.364 e. The van der Waals surface area contributed by atoms with Gasteiger partial charge in [0.15, 0.2) is 11.5 Å². The lowest BCUT2D eigenvalue weighted by molar-refractivity contribution is -0.137. The first kappa shape index (κ1) is 13.8. The van der Waals surface area contributed by atoms with E-state index in [4.69, 9.17) is 5.73 Å². The Morgan fingerprint density at radius 3 is 2.55 bits per heavy atom. The number of carbonyl (C=O) groups is 1. The molecule has 0 spiro atoms. The Morgan fingerprint density at radius 2 is 1.90 bits per heavy atom. The zero-order valence-electron chi connectivity index (χ0n) is 9.98.